The fraction of sp³-hybridized carbons (Fsp3) is 0.158. The number of hydrogen-bond donors (Lipinski definition) is 0. The summed E-state index contributed by atoms with van der Waals surface area (Å²) in [5.74, 6) is 0.714. The maximum Gasteiger partial charge on any atom is 0.0339 e. The fourth-order valence-electron chi connectivity index (χ4n) is 2.51. The van der Waals surface area contributed by atoms with Gasteiger partial charge in [0.05, 0.1) is 0 Å². The maximum absolute atomic E-state index is 3.89. The molecule has 2 aliphatic carbocycles. The van der Waals surface area contributed by atoms with E-state index >= 15 is 0 Å². The van der Waals surface area contributed by atoms with Crippen molar-refractivity contribution >= 4 is 16.9 Å². The molecule has 2 unspecified atom stereocenters. The van der Waals surface area contributed by atoms with E-state index in [9.17, 15) is 0 Å². The molecule has 2 atom stereocenters. The van der Waals surface area contributed by atoms with E-state index in [0.717, 1.165) is 6.42 Å². The number of hydrogen-bond acceptors (Lipinski definition) is 1. The molecule has 0 fully saturated rings. The van der Waals surface area contributed by atoms with Crippen LogP contribution in [0.25, 0.3) is 5.57 Å². The summed E-state index contributed by atoms with van der Waals surface area (Å²) in [6, 6.07) is 4.30. The molecular formula is C19H18S. The lowest BCUT2D eigenvalue weighted by atomic mass is 9.93. The van der Waals surface area contributed by atoms with Gasteiger partial charge in [-0.25, -0.2) is 0 Å². The summed E-state index contributed by atoms with van der Waals surface area (Å²) in [5.41, 5.74) is 2.68. The molecule has 0 N–H and O–H groups in total. The molecule has 1 aromatic heterocycles. The lowest BCUT2D eigenvalue weighted by molar-refractivity contribution is 0.988. The highest BCUT2D eigenvalue weighted by Gasteiger charge is 2.12. The molecule has 0 aliphatic heterocycles. The predicted molar refractivity (Wildman–Crippen MR) is 89.6 cm³/mol. The first-order valence-corrected chi connectivity index (χ1v) is 7.86. The smallest absolute Gasteiger partial charge is 0.0339 e. The van der Waals surface area contributed by atoms with Gasteiger partial charge in [0, 0.05) is 16.7 Å². The van der Waals surface area contributed by atoms with Crippen molar-refractivity contribution in [2.45, 2.75) is 6.42 Å². The Morgan fingerprint density at radius 3 is 2.95 bits per heavy atom. The van der Waals surface area contributed by atoms with Crippen LogP contribution in [0.4, 0.5) is 0 Å². The van der Waals surface area contributed by atoms with E-state index < -0.39 is 0 Å². The van der Waals surface area contributed by atoms with Crippen LogP contribution < -0.4 is 0 Å². The summed E-state index contributed by atoms with van der Waals surface area (Å²) in [5, 5.41) is 2.14. The molecule has 0 amide bonds. The van der Waals surface area contributed by atoms with Crippen molar-refractivity contribution in [3.05, 3.63) is 89.2 Å². The highest BCUT2D eigenvalue weighted by atomic mass is 32.1. The third kappa shape index (κ3) is 2.83. The average Bonchev–Trinajstić information content (AvgIpc) is 2.90. The lowest BCUT2D eigenvalue weighted by Crippen LogP contribution is -1.96. The second-order valence-electron chi connectivity index (χ2n) is 5.03. The summed E-state index contributed by atoms with van der Waals surface area (Å²) < 4.78 is 0. The van der Waals surface area contributed by atoms with E-state index in [4.69, 9.17) is 0 Å². The van der Waals surface area contributed by atoms with Gasteiger partial charge in [0.15, 0.2) is 0 Å². The monoisotopic (exact) mass is 278 g/mol. The minimum atomic E-state index is 0.340. The fourth-order valence-corrected chi connectivity index (χ4v) is 3.25. The molecule has 1 aromatic rings. The molecule has 0 saturated carbocycles. The molecule has 0 radical (unpaired) electrons. The van der Waals surface area contributed by atoms with Gasteiger partial charge in [0.25, 0.3) is 0 Å². The normalized spacial score (nSPS) is 30.2. The molecular weight excluding hydrogens is 260 g/mol. The van der Waals surface area contributed by atoms with E-state index in [2.05, 4.69) is 72.7 Å². The van der Waals surface area contributed by atoms with Crippen molar-refractivity contribution in [2.75, 3.05) is 0 Å². The first-order chi connectivity index (χ1) is 9.86. The van der Waals surface area contributed by atoms with Gasteiger partial charge in [-0.05, 0) is 35.1 Å². The number of allylic oxidation sites excluding steroid dienone is 11. The van der Waals surface area contributed by atoms with Gasteiger partial charge in [-0.2, -0.15) is 0 Å². The molecule has 0 saturated heterocycles. The van der Waals surface area contributed by atoms with E-state index in [1.807, 2.05) is 6.08 Å². The first kappa shape index (κ1) is 13.1. The Balaban J connectivity index is 2.02. The first-order valence-electron chi connectivity index (χ1n) is 6.98. The molecule has 1 heterocycles. The molecule has 0 nitrogen and oxygen atoms in total. The third-order valence-electron chi connectivity index (χ3n) is 3.65. The van der Waals surface area contributed by atoms with Gasteiger partial charge in [-0.15, -0.1) is 17.9 Å². The van der Waals surface area contributed by atoms with Crippen LogP contribution in [0.3, 0.4) is 0 Å². The zero-order valence-corrected chi connectivity index (χ0v) is 12.2. The second-order valence-corrected chi connectivity index (χ2v) is 5.98. The van der Waals surface area contributed by atoms with Crippen LogP contribution in [0.5, 0.6) is 0 Å². The molecule has 1 heteroatoms. The highest BCUT2D eigenvalue weighted by molar-refractivity contribution is 7.11. The van der Waals surface area contributed by atoms with Gasteiger partial charge >= 0.3 is 0 Å². The van der Waals surface area contributed by atoms with E-state index in [0.29, 0.717) is 11.8 Å². The van der Waals surface area contributed by atoms with Crippen molar-refractivity contribution in [2.24, 2.45) is 11.8 Å². The van der Waals surface area contributed by atoms with Gasteiger partial charge in [0.2, 0.25) is 0 Å². The van der Waals surface area contributed by atoms with E-state index in [1.54, 1.807) is 11.3 Å². The number of rotatable bonds is 2. The minimum absolute atomic E-state index is 0.340. The Morgan fingerprint density at radius 2 is 2.15 bits per heavy atom. The zero-order chi connectivity index (χ0) is 13.8. The van der Waals surface area contributed by atoms with Crippen LogP contribution in [0.2, 0.25) is 0 Å². The summed E-state index contributed by atoms with van der Waals surface area (Å²) >= 11 is 1.80. The Hall–Kier alpha value is -1.86. The maximum atomic E-state index is 3.89. The topological polar surface area (TPSA) is 0 Å². The molecule has 2 aliphatic rings. The minimum Gasteiger partial charge on any atom is -0.144 e. The largest absolute Gasteiger partial charge is 0.144 e. The Labute approximate surface area is 124 Å². The van der Waals surface area contributed by atoms with Gasteiger partial charge < -0.3 is 0 Å². The predicted octanol–water partition coefficient (Wildman–Crippen LogP) is 5.56. The Kier molecular flexibility index (Phi) is 3.98. The van der Waals surface area contributed by atoms with Crippen molar-refractivity contribution < 1.29 is 0 Å². The van der Waals surface area contributed by atoms with Crippen molar-refractivity contribution in [1.29, 1.82) is 0 Å². The van der Waals surface area contributed by atoms with Crippen LogP contribution in [0.1, 0.15) is 11.3 Å². The van der Waals surface area contributed by atoms with Crippen LogP contribution in [-0.4, -0.2) is 0 Å². The molecule has 0 bridgehead atoms. The van der Waals surface area contributed by atoms with Gasteiger partial charge in [-0.1, -0.05) is 54.7 Å². The van der Waals surface area contributed by atoms with Gasteiger partial charge in [-0.3, -0.25) is 0 Å². The third-order valence-corrected chi connectivity index (χ3v) is 4.57. The zero-order valence-electron chi connectivity index (χ0n) is 11.4. The summed E-state index contributed by atoms with van der Waals surface area (Å²) in [6.45, 7) is 3.89. The van der Waals surface area contributed by atoms with E-state index in [1.165, 1.54) is 16.0 Å². The highest BCUT2D eigenvalue weighted by Crippen LogP contribution is 2.30. The average molecular weight is 278 g/mol. The Morgan fingerprint density at radius 1 is 1.20 bits per heavy atom. The number of fused-ring (bicyclic) bond motifs is 1. The molecule has 0 spiro atoms. The number of thiophene rings is 1. The molecule has 3 rings (SSSR count). The summed E-state index contributed by atoms with van der Waals surface area (Å²) in [6.07, 6.45) is 21.1. The van der Waals surface area contributed by atoms with Crippen LogP contribution in [0.15, 0.2) is 84.3 Å². The van der Waals surface area contributed by atoms with Crippen molar-refractivity contribution in [3.8, 4) is 0 Å². The quantitative estimate of drug-likeness (QED) is 0.621. The molecule has 0 aromatic carbocycles. The van der Waals surface area contributed by atoms with Gasteiger partial charge in [0.1, 0.15) is 0 Å². The van der Waals surface area contributed by atoms with Crippen LogP contribution >= 0.6 is 11.3 Å². The van der Waals surface area contributed by atoms with Crippen molar-refractivity contribution in [3.63, 3.8) is 0 Å². The van der Waals surface area contributed by atoms with Crippen molar-refractivity contribution in [1.82, 2.24) is 0 Å². The lowest BCUT2D eigenvalue weighted by Gasteiger charge is -2.12. The van der Waals surface area contributed by atoms with Crippen LogP contribution in [0, 0.1) is 11.8 Å². The molecule has 100 valence electrons. The standard InChI is InChI=1S/C19H18S/c1-2-15-9-11-16-6-3-4-7-18(14-17(16)12-10-15)19-8-5-13-20-19/h2-3,5-16H,1,4H2/b6-3?,17-14-,18-7+. The summed E-state index contributed by atoms with van der Waals surface area (Å²) in [7, 11) is 0. The molecule has 20 heavy (non-hydrogen) atoms. The van der Waals surface area contributed by atoms with Crippen LogP contribution in [-0.2, 0) is 0 Å². The second kappa shape index (κ2) is 6.06. The van der Waals surface area contributed by atoms with E-state index in [-0.39, 0.29) is 0 Å². The Bertz CT molecular complexity index is 621. The summed E-state index contributed by atoms with van der Waals surface area (Å²) in [4.78, 5) is 1.34. The SMILES string of the molecule is C=CC1C=C/C2=C/C(c3cccs3)=C\CC=CC2C=C1.